The van der Waals surface area contributed by atoms with E-state index in [1.54, 1.807) is 20.8 Å². The van der Waals surface area contributed by atoms with Crippen LogP contribution in [0.3, 0.4) is 0 Å². The third kappa shape index (κ3) is 10.5. The average molecular weight is 581 g/mol. The molecule has 0 bridgehead atoms. The first-order valence-electron chi connectivity index (χ1n) is 14.8. The summed E-state index contributed by atoms with van der Waals surface area (Å²) in [6.07, 6.45) is 2.57. The van der Waals surface area contributed by atoms with Gasteiger partial charge in [-0.2, -0.15) is 0 Å². The van der Waals surface area contributed by atoms with Gasteiger partial charge in [0.2, 0.25) is 11.8 Å². The molecule has 2 aromatic rings. The van der Waals surface area contributed by atoms with Gasteiger partial charge in [-0.1, -0.05) is 68.7 Å². The third-order valence-corrected chi connectivity index (χ3v) is 6.98. The molecule has 9 nitrogen and oxygen atoms in total. The number of nitrogens with two attached hydrogens (primary N) is 1. The summed E-state index contributed by atoms with van der Waals surface area (Å²) in [7, 11) is 0. The van der Waals surface area contributed by atoms with Gasteiger partial charge < -0.3 is 26.0 Å². The number of carbonyl (C=O) groups is 4. The number of amides is 4. The summed E-state index contributed by atoms with van der Waals surface area (Å²) < 4.78 is 5.42. The van der Waals surface area contributed by atoms with Crippen LogP contribution in [0.4, 0.5) is 10.5 Å². The molecule has 0 aliphatic rings. The van der Waals surface area contributed by atoms with E-state index in [4.69, 9.17) is 10.5 Å². The van der Waals surface area contributed by atoms with Gasteiger partial charge in [0, 0.05) is 18.7 Å². The Balaban J connectivity index is 2.60. The molecule has 0 heterocycles. The number of unbranched alkanes of at least 4 members (excludes halogenated alkanes) is 3. The number of ether oxygens (including phenoxy) is 1. The Labute approximate surface area is 250 Å². The molecular formula is C33H48N4O5. The molecule has 2 aromatic carbocycles. The topological polar surface area (TPSA) is 131 Å². The lowest BCUT2D eigenvalue weighted by atomic mass is 9.96. The number of para-hydroxylation sites is 1. The number of aryl methyl sites for hydroxylation is 3. The fourth-order valence-electron chi connectivity index (χ4n) is 4.82. The molecule has 2 unspecified atom stereocenters. The number of nitrogens with zero attached hydrogens (tertiary/aromatic N) is 1. The smallest absolute Gasteiger partial charge is 0.408 e. The van der Waals surface area contributed by atoms with Crippen LogP contribution in [-0.2, 0) is 19.1 Å². The highest BCUT2D eigenvalue weighted by Crippen LogP contribution is 2.29. The van der Waals surface area contributed by atoms with Crippen molar-refractivity contribution >= 4 is 29.5 Å². The lowest BCUT2D eigenvalue weighted by molar-refractivity contribution is -0.141. The van der Waals surface area contributed by atoms with Crippen molar-refractivity contribution in [3.8, 4) is 0 Å². The number of nitrogens with one attached hydrogen (secondary N) is 2. The Morgan fingerprint density at radius 2 is 1.52 bits per heavy atom. The Morgan fingerprint density at radius 1 is 0.905 bits per heavy atom. The Hall–Kier alpha value is -3.88. The van der Waals surface area contributed by atoms with Gasteiger partial charge in [0.15, 0.2) is 0 Å². The predicted molar refractivity (Wildman–Crippen MR) is 166 cm³/mol. The third-order valence-electron chi connectivity index (χ3n) is 6.98. The maximum absolute atomic E-state index is 14.4. The van der Waals surface area contributed by atoms with Crippen LogP contribution in [0.1, 0.15) is 94.5 Å². The van der Waals surface area contributed by atoms with E-state index >= 15 is 0 Å². The summed E-state index contributed by atoms with van der Waals surface area (Å²) >= 11 is 0. The number of hydrogen-bond acceptors (Lipinski definition) is 5. The van der Waals surface area contributed by atoms with Gasteiger partial charge in [-0.05, 0) is 76.6 Å². The first kappa shape index (κ1) is 34.3. The molecular weight excluding hydrogens is 532 g/mol. The van der Waals surface area contributed by atoms with E-state index in [0.717, 1.165) is 36.0 Å². The van der Waals surface area contributed by atoms with Crippen molar-refractivity contribution in [2.24, 2.45) is 5.73 Å². The Bertz CT molecular complexity index is 1220. The number of rotatable bonds is 14. The van der Waals surface area contributed by atoms with Crippen molar-refractivity contribution in [3.63, 3.8) is 0 Å². The summed E-state index contributed by atoms with van der Waals surface area (Å²) in [4.78, 5) is 54.6. The van der Waals surface area contributed by atoms with Crippen molar-refractivity contribution in [1.29, 1.82) is 0 Å². The molecule has 0 aliphatic carbocycles. The number of benzene rings is 2. The molecule has 2 rings (SSSR count). The minimum atomic E-state index is -1.13. The number of primary amides is 1. The summed E-state index contributed by atoms with van der Waals surface area (Å²) in [5, 5.41) is 5.73. The van der Waals surface area contributed by atoms with Crippen molar-refractivity contribution in [3.05, 3.63) is 64.7 Å². The van der Waals surface area contributed by atoms with E-state index in [1.165, 1.54) is 4.90 Å². The highest BCUT2D eigenvalue weighted by Gasteiger charge is 2.37. The fraction of sp³-hybridized carbons (Fsp3) is 0.515. The van der Waals surface area contributed by atoms with E-state index in [9.17, 15) is 19.2 Å². The van der Waals surface area contributed by atoms with E-state index in [-0.39, 0.29) is 25.3 Å². The SMILES string of the molecule is CCCCCCN(C(=O)C(CCC(N)=O)NC(=O)OC(C)(C)C)C(C(=O)Nc1c(C)cccc1C)c1ccccc1C. The molecule has 4 amide bonds. The van der Waals surface area contributed by atoms with E-state index in [2.05, 4.69) is 17.6 Å². The molecule has 0 saturated carbocycles. The average Bonchev–Trinajstić information content (AvgIpc) is 2.89. The van der Waals surface area contributed by atoms with Gasteiger partial charge in [-0.25, -0.2) is 4.79 Å². The largest absolute Gasteiger partial charge is 0.444 e. The Kier molecular flexibility index (Phi) is 13.0. The van der Waals surface area contributed by atoms with Gasteiger partial charge in [0.25, 0.3) is 5.91 Å². The van der Waals surface area contributed by atoms with Gasteiger partial charge in [0.1, 0.15) is 17.7 Å². The zero-order valence-corrected chi connectivity index (χ0v) is 26.2. The maximum Gasteiger partial charge on any atom is 0.408 e. The second kappa shape index (κ2) is 15.9. The summed E-state index contributed by atoms with van der Waals surface area (Å²) in [5.74, 6) is -1.45. The molecule has 0 radical (unpaired) electrons. The summed E-state index contributed by atoms with van der Waals surface area (Å²) in [6.45, 7) is 13.3. The van der Waals surface area contributed by atoms with Crippen LogP contribution in [0.15, 0.2) is 42.5 Å². The van der Waals surface area contributed by atoms with Gasteiger partial charge >= 0.3 is 6.09 Å². The maximum atomic E-state index is 14.4. The number of alkyl carbamates (subject to hydrolysis) is 1. The van der Waals surface area contributed by atoms with Crippen molar-refractivity contribution < 1.29 is 23.9 Å². The zero-order chi connectivity index (χ0) is 31.4. The summed E-state index contributed by atoms with van der Waals surface area (Å²) in [6, 6.07) is 11.1. The van der Waals surface area contributed by atoms with Crippen LogP contribution in [0.5, 0.6) is 0 Å². The molecule has 42 heavy (non-hydrogen) atoms. The van der Waals surface area contributed by atoms with E-state index < -0.39 is 35.6 Å². The van der Waals surface area contributed by atoms with Gasteiger partial charge in [-0.15, -0.1) is 0 Å². The monoisotopic (exact) mass is 580 g/mol. The molecule has 0 saturated heterocycles. The number of hydrogen-bond donors (Lipinski definition) is 3. The molecule has 0 aliphatic heterocycles. The van der Waals surface area contributed by atoms with Crippen LogP contribution in [0.25, 0.3) is 0 Å². The minimum absolute atomic E-state index is 0.0299. The van der Waals surface area contributed by atoms with Gasteiger partial charge in [0.05, 0.1) is 0 Å². The molecule has 4 N–H and O–H groups in total. The van der Waals surface area contributed by atoms with Crippen LogP contribution in [0, 0.1) is 20.8 Å². The molecule has 9 heteroatoms. The molecule has 230 valence electrons. The Morgan fingerprint density at radius 3 is 2.10 bits per heavy atom. The summed E-state index contributed by atoms with van der Waals surface area (Å²) in [5.41, 5.74) is 8.65. The van der Waals surface area contributed by atoms with Gasteiger partial charge in [-0.3, -0.25) is 14.4 Å². The van der Waals surface area contributed by atoms with E-state index in [0.29, 0.717) is 17.7 Å². The standard InChI is InChI=1S/C33H48N4O5/c1-8-9-10-13-21-37(31(40)26(19-20-27(34)38)35-32(41)42-33(5,6)7)29(25-18-12-11-15-22(25)2)30(39)36-28-23(3)16-14-17-24(28)4/h11-12,14-18,26,29H,8-10,13,19-21H2,1-7H3,(H2,34,38)(H,35,41)(H,36,39). The van der Waals surface area contributed by atoms with Crippen LogP contribution >= 0.6 is 0 Å². The van der Waals surface area contributed by atoms with Crippen molar-refractivity contribution in [2.75, 3.05) is 11.9 Å². The lowest BCUT2D eigenvalue weighted by Gasteiger charge is -2.35. The molecule has 0 spiro atoms. The van der Waals surface area contributed by atoms with Crippen molar-refractivity contribution in [1.82, 2.24) is 10.2 Å². The van der Waals surface area contributed by atoms with Crippen LogP contribution in [-0.4, -0.2) is 46.9 Å². The quantitative estimate of drug-likeness (QED) is 0.241. The molecule has 2 atom stereocenters. The fourth-order valence-corrected chi connectivity index (χ4v) is 4.82. The second-order valence-corrected chi connectivity index (χ2v) is 11.8. The highest BCUT2D eigenvalue weighted by atomic mass is 16.6. The minimum Gasteiger partial charge on any atom is -0.444 e. The van der Waals surface area contributed by atoms with Crippen molar-refractivity contribution in [2.45, 2.75) is 105 Å². The second-order valence-electron chi connectivity index (χ2n) is 11.8. The first-order valence-corrected chi connectivity index (χ1v) is 14.8. The number of anilines is 1. The van der Waals surface area contributed by atoms with Crippen LogP contribution < -0.4 is 16.4 Å². The van der Waals surface area contributed by atoms with E-state index in [1.807, 2.05) is 63.2 Å². The zero-order valence-electron chi connectivity index (χ0n) is 26.2. The molecule has 0 fully saturated rings. The predicted octanol–water partition coefficient (Wildman–Crippen LogP) is 5.86. The first-order chi connectivity index (χ1) is 19.7. The normalized spacial score (nSPS) is 12.6. The lowest BCUT2D eigenvalue weighted by Crippen LogP contribution is -2.53. The highest BCUT2D eigenvalue weighted by molar-refractivity contribution is 6.00. The molecule has 0 aromatic heterocycles. The van der Waals surface area contributed by atoms with Crippen LogP contribution in [0.2, 0.25) is 0 Å². The number of carbonyl (C=O) groups excluding carboxylic acids is 4.